The number of ether oxygens (including phenoxy) is 4. The fourth-order valence-electron chi connectivity index (χ4n) is 6.48. The first kappa shape index (κ1) is 28.7. The summed E-state index contributed by atoms with van der Waals surface area (Å²) < 4.78 is 24.6. The molecule has 3 N–H and O–H groups in total. The molecule has 9 heteroatoms. The average Bonchev–Trinajstić information content (AvgIpc) is 3.63. The van der Waals surface area contributed by atoms with Crippen LogP contribution in [0.1, 0.15) is 53.4 Å². The topological polar surface area (TPSA) is 135 Å². The zero-order valence-electron chi connectivity index (χ0n) is 22.6. The summed E-state index contributed by atoms with van der Waals surface area (Å²) in [5.74, 6) is -1.02. The number of fused-ring (bicyclic) bond motifs is 2. The molecule has 2 aliphatic heterocycles. The number of hydrogen-bond donors (Lipinski definition) is 3. The number of hydrogen-bond acceptors (Lipinski definition) is 9. The first-order chi connectivity index (χ1) is 18.0. The summed E-state index contributed by atoms with van der Waals surface area (Å²) in [5, 5.41) is 28.2. The standard InChI is InChI=1S/C29H40O9/c1-18-9-11-28(16-35-26(34)14-19(2)10-12-30)23(13-18)37-24-15-22(27(28,4)29(24)17-36-29)38-25(33)8-6-5-7-21(32)20(3)31/h5-8,13-14,20-24,30-32H,9-12,15-17H2,1-4H3/b7-5?,8-6?,19-14+/t20-,21-,22+,23+,24?,27+,28+,29-/m0/s1. The number of allylic oxidation sites excluding steroid dienone is 3. The minimum Gasteiger partial charge on any atom is -0.462 e. The molecule has 4 rings (SSSR count). The van der Waals surface area contributed by atoms with Crippen LogP contribution in [0.5, 0.6) is 0 Å². The van der Waals surface area contributed by atoms with Crippen molar-refractivity contribution in [2.24, 2.45) is 10.8 Å². The van der Waals surface area contributed by atoms with Gasteiger partial charge in [-0.1, -0.05) is 42.4 Å². The van der Waals surface area contributed by atoms with E-state index in [1.54, 1.807) is 6.92 Å². The van der Waals surface area contributed by atoms with Crippen LogP contribution in [0.25, 0.3) is 0 Å². The molecule has 1 spiro atoms. The van der Waals surface area contributed by atoms with Crippen molar-refractivity contribution in [1.29, 1.82) is 0 Å². The molecule has 1 saturated carbocycles. The Bertz CT molecular complexity index is 1040. The van der Waals surface area contributed by atoms with Crippen molar-refractivity contribution >= 4 is 11.9 Å². The molecule has 2 saturated heterocycles. The van der Waals surface area contributed by atoms with Gasteiger partial charge in [0.05, 0.1) is 36.4 Å². The van der Waals surface area contributed by atoms with E-state index in [0.717, 1.165) is 12.0 Å². The summed E-state index contributed by atoms with van der Waals surface area (Å²) in [5.41, 5.74) is -0.0208. The van der Waals surface area contributed by atoms with Crippen molar-refractivity contribution in [3.63, 3.8) is 0 Å². The van der Waals surface area contributed by atoms with E-state index in [1.807, 2.05) is 0 Å². The third-order valence-corrected chi connectivity index (χ3v) is 8.96. The second-order valence-corrected chi connectivity index (χ2v) is 11.3. The summed E-state index contributed by atoms with van der Waals surface area (Å²) >= 11 is 0. The van der Waals surface area contributed by atoms with Crippen LogP contribution in [0, 0.1) is 10.8 Å². The van der Waals surface area contributed by atoms with Crippen LogP contribution in [-0.4, -0.2) is 83.2 Å². The van der Waals surface area contributed by atoms with Crippen molar-refractivity contribution < 1.29 is 43.9 Å². The molecule has 8 atom stereocenters. The lowest BCUT2D eigenvalue weighted by Gasteiger charge is -2.58. The van der Waals surface area contributed by atoms with Gasteiger partial charge in [-0.3, -0.25) is 0 Å². The number of rotatable bonds is 10. The monoisotopic (exact) mass is 532 g/mol. The highest BCUT2D eigenvalue weighted by Crippen LogP contribution is 2.72. The van der Waals surface area contributed by atoms with Crippen LogP contribution in [0.15, 0.2) is 47.6 Å². The lowest BCUT2D eigenvalue weighted by atomic mass is 9.51. The Labute approximate surface area is 223 Å². The molecule has 2 heterocycles. The summed E-state index contributed by atoms with van der Waals surface area (Å²) in [6.07, 6.45) is 8.43. The Morgan fingerprint density at radius 3 is 2.66 bits per heavy atom. The maximum atomic E-state index is 12.8. The van der Waals surface area contributed by atoms with Crippen LogP contribution in [-0.2, 0) is 28.5 Å². The van der Waals surface area contributed by atoms with Gasteiger partial charge in [0.15, 0.2) is 0 Å². The quantitative estimate of drug-likeness (QED) is 0.127. The minimum atomic E-state index is -1.03. The first-order valence-corrected chi connectivity index (χ1v) is 13.3. The summed E-state index contributed by atoms with van der Waals surface area (Å²) in [6.45, 7) is 7.90. The molecular weight excluding hydrogens is 492 g/mol. The summed E-state index contributed by atoms with van der Waals surface area (Å²) in [4.78, 5) is 25.5. The Morgan fingerprint density at radius 1 is 1.26 bits per heavy atom. The lowest BCUT2D eigenvalue weighted by Crippen LogP contribution is -2.66. The van der Waals surface area contributed by atoms with Crippen LogP contribution in [0.3, 0.4) is 0 Å². The highest BCUT2D eigenvalue weighted by molar-refractivity contribution is 5.83. The van der Waals surface area contributed by atoms with E-state index < -0.39 is 46.7 Å². The van der Waals surface area contributed by atoms with Crippen LogP contribution in [0.4, 0.5) is 0 Å². The number of aliphatic hydroxyl groups excluding tert-OH is 3. The SMILES string of the molecule is CC1=C[C@H]2OC3C[C@@H](OC(=O)C=CC=C[C@H](O)[C@H](C)O)[C@](C)([C@@]2(COC(=O)/C=C(\C)CCO)CC1)[C@]31CO1. The van der Waals surface area contributed by atoms with E-state index in [0.29, 0.717) is 25.9 Å². The Morgan fingerprint density at radius 2 is 2.00 bits per heavy atom. The third kappa shape index (κ3) is 5.02. The maximum absolute atomic E-state index is 12.8. The fourth-order valence-corrected chi connectivity index (χ4v) is 6.48. The molecular formula is C29H40O9. The lowest BCUT2D eigenvalue weighted by molar-refractivity contribution is -0.232. The van der Waals surface area contributed by atoms with E-state index in [2.05, 4.69) is 19.9 Å². The summed E-state index contributed by atoms with van der Waals surface area (Å²) in [6, 6.07) is 0. The largest absolute Gasteiger partial charge is 0.462 e. The predicted octanol–water partition coefficient (Wildman–Crippen LogP) is 2.30. The highest BCUT2D eigenvalue weighted by Gasteiger charge is 2.83. The molecule has 2 bridgehead atoms. The number of aliphatic hydroxyl groups is 3. The van der Waals surface area contributed by atoms with Gasteiger partial charge in [-0.2, -0.15) is 0 Å². The normalized spacial score (nSPS) is 37.7. The maximum Gasteiger partial charge on any atom is 0.331 e. The molecule has 0 aromatic carbocycles. The van der Waals surface area contributed by atoms with Crippen LogP contribution in [0.2, 0.25) is 0 Å². The number of epoxide rings is 1. The molecule has 3 fully saturated rings. The summed E-state index contributed by atoms with van der Waals surface area (Å²) in [7, 11) is 0. The zero-order valence-corrected chi connectivity index (χ0v) is 22.6. The highest BCUT2D eigenvalue weighted by atomic mass is 16.6. The molecule has 0 amide bonds. The fraction of sp³-hybridized carbons (Fsp3) is 0.655. The van der Waals surface area contributed by atoms with Gasteiger partial charge in [0.1, 0.15) is 18.3 Å². The Kier molecular flexibility index (Phi) is 8.35. The van der Waals surface area contributed by atoms with Crippen molar-refractivity contribution in [2.75, 3.05) is 19.8 Å². The van der Waals surface area contributed by atoms with Gasteiger partial charge in [0.25, 0.3) is 0 Å². The van der Waals surface area contributed by atoms with E-state index in [4.69, 9.17) is 24.1 Å². The van der Waals surface area contributed by atoms with E-state index in [9.17, 15) is 19.8 Å². The predicted molar refractivity (Wildman–Crippen MR) is 138 cm³/mol. The molecule has 9 nitrogen and oxygen atoms in total. The smallest absolute Gasteiger partial charge is 0.331 e. The number of carbonyl (C=O) groups excluding carboxylic acids is 2. The van der Waals surface area contributed by atoms with Crippen molar-refractivity contribution in [1.82, 2.24) is 0 Å². The van der Waals surface area contributed by atoms with Crippen LogP contribution < -0.4 is 0 Å². The third-order valence-electron chi connectivity index (χ3n) is 8.96. The van der Waals surface area contributed by atoms with E-state index in [-0.39, 0.29) is 25.4 Å². The number of carbonyl (C=O) groups is 2. The minimum absolute atomic E-state index is 0.0444. The van der Waals surface area contributed by atoms with E-state index in [1.165, 1.54) is 42.9 Å². The number of esters is 2. The Hall–Kier alpha value is -2.30. The molecule has 0 aromatic heterocycles. The molecule has 2 aliphatic carbocycles. The molecule has 0 radical (unpaired) electrons. The van der Waals surface area contributed by atoms with Gasteiger partial charge in [-0.05, 0) is 40.0 Å². The first-order valence-electron chi connectivity index (χ1n) is 13.3. The second kappa shape index (κ2) is 11.1. The van der Waals surface area contributed by atoms with Crippen molar-refractivity contribution in [3.8, 4) is 0 Å². The van der Waals surface area contributed by atoms with Crippen molar-refractivity contribution in [2.45, 2.75) is 89.5 Å². The van der Waals surface area contributed by atoms with Crippen LogP contribution >= 0.6 is 0 Å². The molecule has 1 unspecified atom stereocenters. The zero-order chi connectivity index (χ0) is 27.7. The van der Waals surface area contributed by atoms with E-state index >= 15 is 0 Å². The molecule has 38 heavy (non-hydrogen) atoms. The van der Waals surface area contributed by atoms with Gasteiger partial charge in [0, 0.05) is 30.6 Å². The van der Waals surface area contributed by atoms with Gasteiger partial charge in [-0.15, -0.1) is 0 Å². The second-order valence-electron chi connectivity index (χ2n) is 11.3. The van der Waals surface area contributed by atoms with Gasteiger partial charge >= 0.3 is 11.9 Å². The molecule has 210 valence electrons. The molecule has 0 aromatic rings. The Balaban J connectivity index is 1.58. The van der Waals surface area contributed by atoms with Crippen molar-refractivity contribution in [3.05, 3.63) is 47.6 Å². The molecule has 4 aliphatic rings. The average molecular weight is 533 g/mol. The van der Waals surface area contributed by atoms with Gasteiger partial charge in [-0.25, -0.2) is 9.59 Å². The van der Waals surface area contributed by atoms with Gasteiger partial charge < -0.3 is 34.3 Å². The van der Waals surface area contributed by atoms with Gasteiger partial charge in [0.2, 0.25) is 0 Å².